The van der Waals surface area contributed by atoms with E-state index in [9.17, 15) is 4.79 Å². The topological polar surface area (TPSA) is 69.0 Å². The molecule has 6 nitrogen and oxygen atoms in total. The highest BCUT2D eigenvalue weighted by Gasteiger charge is 2.21. The van der Waals surface area contributed by atoms with Gasteiger partial charge in [-0.2, -0.15) is 0 Å². The SMILES string of the molecule is C[C@@H](Oc1ccccc1)c1nnc(SCCC(=O)Nc2ccccc2)n1-c1ccccc1. The zero-order valence-electron chi connectivity index (χ0n) is 17.7. The summed E-state index contributed by atoms with van der Waals surface area (Å²) in [6, 6.07) is 29.1. The highest BCUT2D eigenvalue weighted by Crippen LogP contribution is 2.28. The molecule has 1 aromatic heterocycles. The molecular weight excluding hydrogens is 420 g/mol. The lowest BCUT2D eigenvalue weighted by atomic mass is 10.3. The first-order chi connectivity index (χ1) is 15.7. The van der Waals surface area contributed by atoms with Crippen LogP contribution in [0.15, 0.2) is 96.2 Å². The highest BCUT2D eigenvalue weighted by molar-refractivity contribution is 7.99. The van der Waals surface area contributed by atoms with Gasteiger partial charge in [-0.15, -0.1) is 10.2 Å². The van der Waals surface area contributed by atoms with Gasteiger partial charge in [0, 0.05) is 23.5 Å². The molecule has 4 aromatic rings. The molecule has 32 heavy (non-hydrogen) atoms. The van der Waals surface area contributed by atoms with Crippen molar-refractivity contribution < 1.29 is 9.53 Å². The van der Waals surface area contributed by atoms with Gasteiger partial charge >= 0.3 is 0 Å². The molecule has 0 bridgehead atoms. The summed E-state index contributed by atoms with van der Waals surface area (Å²) < 4.78 is 8.08. The summed E-state index contributed by atoms with van der Waals surface area (Å²) in [6.45, 7) is 1.96. The molecule has 4 rings (SSSR count). The molecule has 0 aliphatic carbocycles. The maximum atomic E-state index is 12.3. The molecule has 0 aliphatic heterocycles. The molecule has 1 N–H and O–H groups in total. The Kier molecular flexibility index (Phi) is 7.19. The van der Waals surface area contributed by atoms with Crippen molar-refractivity contribution in [3.8, 4) is 11.4 Å². The molecule has 0 unspecified atom stereocenters. The normalized spacial score (nSPS) is 11.7. The number of rotatable bonds is 9. The van der Waals surface area contributed by atoms with Crippen LogP contribution in [0.4, 0.5) is 5.69 Å². The fourth-order valence-electron chi connectivity index (χ4n) is 3.19. The van der Waals surface area contributed by atoms with E-state index in [1.807, 2.05) is 102 Å². The van der Waals surface area contributed by atoms with E-state index in [-0.39, 0.29) is 12.0 Å². The Morgan fingerprint density at radius 3 is 2.25 bits per heavy atom. The van der Waals surface area contributed by atoms with Crippen molar-refractivity contribution >= 4 is 23.4 Å². The summed E-state index contributed by atoms with van der Waals surface area (Å²) in [5, 5.41) is 12.5. The number of hydrogen-bond acceptors (Lipinski definition) is 5. The van der Waals surface area contributed by atoms with Crippen molar-refractivity contribution in [3.05, 3.63) is 96.8 Å². The number of anilines is 1. The van der Waals surface area contributed by atoms with Gasteiger partial charge in [0.05, 0.1) is 0 Å². The van der Waals surface area contributed by atoms with Gasteiger partial charge in [0.1, 0.15) is 5.75 Å². The summed E-state index contributed by atoms with van der Waals surface area (Å²) in [6.07, 6.45) is 0.0629. The summed E-state index contributed by atoms with van der Waals surface area (Å²) in [4.78, 5) is 12.3. The van der Waals surface area contributed by atoms with Crippen LogP contribution in [0.3, 0.4) is 0 Å². The zero-order chi connectivity index (χ0) is 22.2. The predicted octanol–water partition coefficient (Wildman–Crippen LogP) is 5.53. The fraction of sp³-hybridized carbons (Fsp3) is 0.160. The molecule has 162 valence electrons. The molecule has 7 heteroatoms. The quantitative estimate of drug-likeness (QED) is 0.344. The molecule has 3 aromatic carbocycles. The second-order valence-corrected chi connectivity index (χ2v) is 8.16. The molecule has 0 radical (unpaired) electrons. The fourth-order valence-corrected chi connectivity index (χ4v) is 4.09. The molecule has 1 heterocycles. The zero-order valence-corrected chi connectivity index (χ0v) is 18.5. The van der Waals surface area contributed by atoms with Crippen molar-refractivity contribution in [1.29, 1.82) is 0 Å². The molecule has 0 spiro atoms. The van der Waals surface area contributed by atoms with Gasteiger partial charge in [0.25, 0.3) is 0 Å². The number of para-hydroxylation sites is 3. The van der Waals surface area contributed by atoms with Gasteiger partial charge < -0.3 is 10.1 Å². The smallest absolute Gasteiger partial charge is 0.225 e. The maximum absolute atomic E-state index is 12.3. The van der Waals surface area contributed by atoms with Gasteiger partial charge in [-0.1, -0.05) is 66.4 Å². The Bertz CT molecular complexity index is 1130. The van der Waals surface area contributed by atoms with Gasteiger partial charge in [0.2, 0.25) is 5.91 Å². The third kappa shape index (κ3) is 5.56. The van der Waals surface area contributed by atoms with Crippen molar-refractivity contribution in [2.45, 2.75) is 24.6 Å². The second-order valence-electron chi connectivity index (χ2n) is 7.10. The third-order valence-electron chi connectivity index (χ3n) is 4.71. The number of aromatic nitrogens is 3. The lowest BCUT2D eigenvalue weighted by molar-refractivity contribution is -0.115. The summed E-state index contributed by atoms with van der Waals surface area (Å²) in [5.41, 5.74) is 1.75. The van der Waals surface area contributed by atoms with Gasteiger partial charge in [-0.05, 0) is 43.3 Å². The number of nitrogens with zero attached hydrogens (tertiary/aromatic N) is 3. The van der Waals surface area contributed by atoms with Gasteiger partial charge in [0.15, 0.2) is 17.1 Å². The number of hydrogen-bond donors (Lipinski definition) is 1. The predicted molar refractivity (Wildman–Crippen MR) is 127 cm³/mol. The summed E-state index contributed by atoms with van der Waals surface area (Å²) in [7, 11) is 0. The Balaban J connectivity index is 1.47. The number of nitrogens with one attached hydrogen (secondary N) is 1. The van der Waals surface area contributed by atoms with E-state index < -0.39 is 0 Å². The van der Waals surface area contributed by atoms with E-state index in [0.29, 0.717) is 18.0 Å². The second kappa shape index (κ2) is 10.6. The van der Waals surface area contributed by atoms with Gasteiger partial charge in [-0.3, -0.25) is 9.36 Å². The minimum absolute atomic E-state index is 0.0320. The Morgan fingerprint density at radius 1 is 0.938 bits per heavy atom. The molecular formula is C25H24N4O2S. The van der Waals surface area contributed by atoms with E-state index in [1.54, 1.807) is 0 Å². The number of carbonyl (C=O) groups excluding carboxylic acids is 1. The number of thioether (sulfide) groups is 1. The first-order valence-corrected chi connectivity index (χ1v) is 11.4. The Labute approximate surface area is 191 Å². The number of benzene rings is 3. The van der Waals surface area contributed by atoms with Crippen LogP contribution in [0, 0.1) is 0 Å². The van der Waals surface area contributed by atoms with E-state index in [1.165, 1.54) is 11.8 Å². The highest BCUT2D eigenvalue weighted by atomic mass is 32.2. The number of amides is 1. The van der Waals surface area contributed by atoms with Crippen molar-refractivity contribution in [2.75, 3.05) is 11.1 Å². The van der Waals surface area contributed by atoms with Gasteiger partial charge in [-0.25, -0.2) is 0 Å². The van der Waals surface area contributed by atoms with Crippen LogP contribution in [-0.4, -0.2) is 26.4 Å². The van der Waals surface area contributed by atoms with Crippen LogP contribution in [-0.2, 0) is 4.79 Å². The number of ether oxygens (including phenoxy) is 1. The standard InChI is InChI=1S/C25H24N4O2S/c1-19(31-22-15-9-4-10-16-22)24-27-28-25(29(24)21-13-7-3-8-14-21)32-18-17-23(30)26-20-11-5-2-6-12-20/h2-16,19H,17-18H2,1H3,(H,26,30)/t19-/m1/s1. The average Bonchev–Trinajstić information content (AvgIpc) is 3.25. The van der Waals surface area contributed by atoms with Crippen molar-refractivity contribution in [3.63, 3.8) is 0 Å². The van der Waals surface area contributed by atoms with E-state index in [2.05, 4.69) is 15.5 Å². The third-order valence-corrected chi connectivity index (χ3v) is 5.64. The minimum atomic E-state index is -0.305. The largest absolute Gasteiger partial charge is 0.483 e. The van der Waals surface area contributed by atoms with Crippen LogP contribution in [0.1, 0.15) is 25.3 Å². The van der Waals surface area contributed by atoms with Crippen molar-refractivity contribution in [2.24, 2.45) is 0 Å². The monoisotopic (exact) mass is 444 g/mol. The molecule has 1 amide bonds. The van der Waals surface area contributed by atoms with Crippen LogP contribution in [0.5, 0.6) is 5.75 Å². The molecule has 1 atom stereocenters. The van der Waals surface area contributed by atoms with Crippen LogP contribution >= 0.6 is 11.8 Å². The molecule has 0 aliphatic rings. The van der Waals surface area contributed by atoms with Crippen LogP contribution < -0.4 is 10.1 Å². The first kappa shape index (κ1) is 21.6. The van der Waals surface area contributed by atoms with Crippen LogP contribution in [0.2, 0.25) is 0 Å². The Hall–Kier alpha value is -3.58. The maximum Gasteiger partial charge on any atom is 0.225 e. The van der Waals surface area contributed by atoms with E-state index >= 15 is 0 Å². The average molecular weight is 445 g/mol. The lowest BCUT2D eigenvalue weighted by Gasteiger charge is -2.16. The van der Waals surface area contributed by atoms with E-state index in [4.69, 9.17) is 4.74 Å². The summed E-state index contributed by atoms with van der Waals surface area (Å²) in [5.74, 6) is 2.03. The molecule has 0 fully saturated rings. The first-order valence-electron chi connectivity index (χ1n) is 10.4. The molecule has 0 saturated heterocycles. The summed E-state index contributed by atoms with van der Waals surface area (Å²) >= 11 is 1.50. The van der Waals surface area contributed by atoms with E-state index in [0.717, 1.165) is 22.3 Å². The minimum Gasteiger partial charge on any atom is -0.483 e. The Morgan fingerprint density at radius 2 is 1.56 bits per heavy atom. The van der Waals surface area contributed by atoms with Crippen LogP contribution in [0.25, 0.3) is 5.69 Å². The lowest BCUT2D eigenvalue weighted by Crippen LogP contribution is -2.13. The number of carbonyl (C=O) groups is 1. The molecule has 0 saturated carbocycles. The van der Waals surface area contributed by atoms with Crippen molar-refractivity contribution in [1.82, 2.24) is 14.8 Å².